The summed E-state index contributed by atoms with van der Waals surface area (Å²) in [6, 6.07) is 4.17. The second-order valence-corrected chi connectivity index (χ2v) is 8.75. The number of benzene rings is 1. The van der Waals surface area contributed by atoms with Crippen LogP contribution in [0.25, 0.3) is 11.0 Å². The third-order valence-electron chi connectivity index (χ3n) is 5.54. The summed E-state index contributed by atoms with van der Waals surface area (Å²) < 4.78 is 11.2. The molecule has 1 aromatic heterocycles. The van der Waals surface area contributed by atoms with E-state index < -0.39 is 24.0 Å². The first kappa shape index (κ1) is 25.4. The van der Waals surface area contributed by atoms with E-state index in [9.17, 15) is 19.5 Å². The summed E-state index contributed by atoms with van der Waals surface area (Å²) in [4.78, 5) is 36.3. The quantitative estimate of drug-likeness (QED) is 0.365. The van der Waals surface area contributed by atoms with Crippen molar-refractivity contribution in [3.63, 3.8) is 0 Å². The summed E-state index contributed by atoms with van der Waals surface area (Å²) in [6.45, 7) is 9.41. The lowest BCUT2D eigenvalue weighted by Gasteiger charge is -2.20. The number of carbonyl (C=O) groups excluding carboxylic acids is 1. The third kappa shape index (κ3) is 6.84. The minimum Gasteiger partial charge on any atom is -0.481 e. The summed E-state index contributed by atoms with van der Waals surface area (Å²) >= 11 is 0. The molecule has 1 heterocycles. The number of rotatable bonds is 12. The van der Waals surface area contributed by atoms with E-state index in [4.69, 9.17) is 9.15 Å². The van der Waals surface area contributed by atoms with Gasteiger partial charge in [0, 0.05) is 17.0 Å². The maximum Gasteiger partial charge on any atom is 0.339 e. The minimum atomic E-state index is -1.08. The minimum absolute atomic E-state index is 0.121. The van der Waals surface area contributed by atoms with Gasteiger partial charge in [0.1, 0.15) is 17.4 Å². The molecule has 0 saturated carbocycles. The van der Waals surface area contributed by atoms with Crippen LogP contribution in [0.15, 0.2) is 27.4 Å². The van der Waals surface area contributed by atoms with Crippen molar-refractivity contribution < 1.29 is 23.8 Å². The van der Waals surface area contributed by atoms with Gasteiger partial charge in [-0.05, 0) is 56.7 Å². The number of fused-ring (bicyclic) bond motifs is 1. The zero-order valence-electron chi connectivity index (χ0n) is 19.7. The number of carboxylic acid groups (broad SMARTS) is 1. The van der Waals surface area contributed by atoms with E-state index in [1.807, 2.05) is 26.8 Å². The Morgan fingerprint density at radius 3 is 2.50 bits per heavy atom. The second kappa shape index (κ2) is 11.7. The maximum atomic E-state index is 12.5. The zero-order valence-corrected chi connectivity index (χ0v) is 19.7. The molecule has 7 heteroatoms. The Morgan fingerprint density at radius 1 is 1.16 bits per heavy atom. The first-order valence-electron chi connectivity index (χ1n) is 11.4. The van der Waals surface area contributed by atoms with Crippen molar-refractivity contribution >= 4 is 22.8 Å². The van der Waals surface area contributed by atoms with Crippen LogP contribution >= 0.6 is 0 Å². The maximum absolute atomic E-state index is 12.5. The molecule has 0 saturated heterocycles. The molecule has 0 aliphatic heterocycles. The van der Waals surface area contributed by atoms with Crippen LogP contribution in [0.5, 0.6) is 5.75 Å². The van der Waals surface area contributed by atoms with Crippen molar-refractivity contribution in [3.05, 3.63) is 39.7 Å². The first-order chi connectivity index (χ1) is 15.1. The number of nitrogens with one attached hydrogen (secondary N) is 1. The SMILES string of the molecule is CCCCCCc1c(C)c2ccc(OC(C)C(=O)NC(CC(C)C)C(=O)O)cc2oc1=O. The Hall–Kier alpha value is -2.83. The molecule has 0 bridgehead atoms. The molecule has 0 fully saturated rings. The molecule has 0 aliphatic rings. The topological polar surface area (TPSA) is 106 Å². The molecule has 0 radical (unpaired) electrons. The second-order valence-electron chi connectivity index (χ2n) is 8.75. The number of aryl methyl sites for hydroxylation is 1. The highest BCUT2D eigenvalue weighted by atomic mass is 16.5. The van der Waals surface area contributed by atoms with E-state index in [2.05, 4.69) is 12.2 Å². The van der Waals surface area contributed by atoms with Gasteiger partial charge in [0.25, 0.3) is 5.91 Å². The highest BCUT2D eigenvalue weighted by molar-refractivity contribution is 5.86. The lowest BCUT2D eigenvalue weighted by atomic mass is 10.0. The Morgan fingerprint density at radius 2 is 1.88 bits per heavy atom. The summed E-state index contributed by atoms with van der Waals surface area (Å²) in [7, 11) is 0. The summed E-state index contributed by atoms with van der Waals surface area (Å²) in [5, 5.41) is 12.7. The molecule has 176 valence electrons. The molecule has 0 aliphatic carbocycles. The van der Waals surface area contributed by atoms with Crippen LogP contribution in [-0.2, 0) is 16.0 Å². The van der Waals surface area contributed by atoms with E-state index >= 15 is 0 Å². The highest BCUT2D eigenvalue weighted by Crippen LogP contribution is 2.25. The zero-order chi connectivity index (χ0) is 23.8. The van der Waals surface area contributed by atoms with Gasteiger partial charge in [0.15, 0.2) is 6.10 Å². The van der Waals surface area contributed by atoms with Crippen molar-refractivity contribution in [2.45, 2.75) is 85.3 Å². The lowest BCUT2D eigenvalue weighted by Crippen LogP contribution is -2.46. The first-order valence-corrected chi connectivity index (χ1v) is 11.4. The van der Waals surface area contributed by atoms with Gasteiger partial charge in [-0.25, -0.2) is 9.59 Å². The van der Waals surface area contributed by atoms with Gasteiger partial charge >= 0.3 is 11.6 Å². The molecule has 2 rings (SSSR count). The lowest BCUT2D eigenvalue weighted by molar-refractivity contribution is -0.143. The van der Waals surface area contributed by atoms with Gasteiger partial charge in [0.2, 0.25) is 0 Å². The number of unbranched alkanes of at least 4 members (excludes halogenated alkanes) is 3. The van der Waals surface area contributed by atoms with E-state index in [-0.39, 0.29) is 11.5 Å². The largest absolute Gasteiger partial charge is 0.481 e. The number of carbonyl (C=O) groups is 2. The smallest absolute Gasteiger partial charge is 0.339 e. The molecular weight excluding hydrogens is 410 g/mol. The van der Waals surface area contributed by atoms with E-state index in [0.717, 1.165) is 36.6 Å². The fourth-order valence-corrected chi connectivity index (χ4v) is 3.71. The predicted molar refractivity (Wildman–Crippen MR) is 124 cm³/mol. The van der Waals surface area contributed by atoms with Crippen molar-refractivity contribution in [2.24, 2.45) is 5.92 Å². The summed E-state index contributed by atoms with van der Waals surface area (Å²) in [5.41, 5.74) is 1.67. The van der Waals surface area contributed by atoms with E-state index in [0.29, 0.717) is 29.7 Å². The number of carboxylic acids is 1. The Labute approximate surface area is 189 Å². The normalized spacial score (nSPS) is 13.2. The van der Waals surface area contributed by atoms with Crippen LogP contribution in [0, 0.1) is 12.8 Å². The number of aliphatic carboxylic acids is 1. The van der Waals surface area contributed by atoms with Crippen LogP contribution in [-0.4, -0.2) is 29.1 Å². The van der Waals surface area contributed by atoms with Gasteiger partial charge in [-0.15, -0.1) is 0 Å². The summed E-state index contributed by atoms with van der Waals surface area (Å²) in [5.74, 6) is -1.10. The standard InChI is InChI=1S/C25H35NO6/c1-6-7-8-9-10-20-16(4)19-12-11-18(14-22(19)32-25(20)30)31-17(5)23(27)26-21(24(28)29)13-15(2)3/h11-12,14-15,17,21H,6-10,13H2,1-5H3,(H,26,27)(H,28,29). The van der Waals surface area contributed by atoms with Gasteiger partial charge < -0.3 is 19.6 Å². The molecule has 2 N–H and O–H groups in total. The molecule has 2 atom stereocenters. The summed E-state index contributed by atoms with van der Waals surface area (Å²) in [6.07, 6.45) is 4.43. The van der Waals surface area contributed by atoms with Crippen LogP contribution in [0.3, 0.4) is 0 Å². The van der Waals surface area contributed by atoms with E-state index in [1.165, 1.54) is 0 Å². The molecule has 2 aromatic rings. The molecule has 7 nitrogen and oxygen atoms in total. The number of amides is 1. The van der Waals surface area contributed by atoms with E-state index in [1.54, 1.807) is 19.1 Å². The fraction of sp³-hybridized carbons (Fsp3) is 0.560. The monoisotopic (exact) mass is 445 g/mol. The van der Waals surface area contributed by atoms with Gasteiger partial charge in [-0.1, -0.05) is 40.0 Å². The van der Waals surface area contributed by atoms with Gasteiger partial charge in [0.05, 0.1) is 0 Å². The van der Waals surface area contributed by atoms with Gasteiger partial charge in [-0.3, -0.25) is 4.79 Å². The number of ether oxygens (including phenoxy) is 1. The van der Waals surface area contributed by atoms with Crippen LogP contribution in [0.2, 0.25) is 0 Å². The highest BCUT2D eigenvalue weighted by Gasteiger charge is 2.25. The molecule has 2 unspecified atom stereocenters. The molecular formula is C25H35NO6. The van der Waals surface area contributed by atoms with Crippen molar-refractivity contribution in [1.29, 1.82) is 0 Å². The number of hydrogen-bond acceptors (Lipinski definition) is 5. The molecule has 1 amide bonds. The molecule has 0 spiro atoms. The van der Waals surface area contributed by atoms with Gasteiger partial charge in [-0.2, -0.15) is 0 Å². The van der Waals surface area contributed by atoms with Crippen molar-refractivity contribution in [1.82, 2.24) is 5.32 Å². The third-order valence-corrected chi connectivity index (χ3v) is 5.54. The Bertz CT molecular complexity index is 994. The Kier molecular flexibility index (Phi) is 9.29. The average Bonchev–Trinajstić information content (AvgIpc) is 2.71. The Balaban J connectivity index is 2.14. The molecule has 1 aromatic carbocycles. The van der Waals surface area contributed by atoms with Crippen LogP contribution in [0.1, 0.15) is 70.9 Å². The van der Waals surface area contributed by atoms with Crippen LogP contribution < -0.4 is 15.7 Å². The fourth-order valence-electron chi connectivity index (χ4n) is 3.71. The van der Waals surface area contributed by atoms with Crippen molar-refractivity contribution in [2.75, 3.05) is 0 Å². The van der Waals surface area contributed by atoms with Crippen molar-refractivity contribution in [3.8, 4) is 5.75 Å². The average molecular weight is 446 g/mol. The predicted octanol–water partition coefficient (Wildman–Crippen LogP) is 4.61. The molecule has 32 heavy (non-hydrogen) atoms. The van der Waals surface area contributed by atoms with Crippen LogP contribution in [0.4, 0.5) is 0 Å². The number of hydrogen-bond donors (Lipinski definition) is 2.